The lowest BCUT2D eigenvalue weighted by Crippen LogP contribution is -2.13. The van der Waals surface area contributed by atoms with Crippen LogP contribution in [-0.4, -0.2) is 13.4 Å². The maximum absolute atomic E-state index is 12.6. The van der Waals surface area contributed by atoms with E-state index in [0.717, 1.165) is 24.8 Å². The zero-order chi connectivity index (χ0) is 17.2. The second-order valence-corrected chi connectivity index (χ2v) is 7.46. The van der Waals surface area contributed by atoms with Crippen molar-refractivity contribution in [3.05, 3.63) is 53.9 Å². The summed E-state index contributed by atoms with van der Waals surface area (Å²) in [5, 5.41) is 0. The number of nitrogens with zero attached hydrogens (tertiary/aromatic N) is 1. The molecule has 1 N–H and O–H groups in total. The average Bonchev–Trinajstić information content (AvgIpc) is 2.97. The molecule has 1 aromatic heterocycles. The monoisotopic (exact) mass is 344 g/mol. The molecule has 126 valence electrons. The third-order valence-corrected chi connectivity index (χ3v) is 5.16. The number of benzene rings is 2. The van der Waals surface area contributed by atoms with E-state index in [1.54, 1.807) is 42.5 Å². The van der Waals surface area contributed by atoms with E-state index in [4.69, 9.17) is 4.42 Å². The standard InChI is InChI=1S/C18H20N2O3S/c1-3-4-8-17-19-18-15(6-5-7-16(18)23-17)20-24(21,22)14-11-9-13(2)10-12-14/h5-7,9-12,20H,3-4,8H2,1-2H3. The molecule has 0 atom stereocenters. The molecule has 0 spiro atoms. The van der Waals surface area contributed by atoms with E-state index in [9.17, 15) is 8.42 Å². The molecule has 0 fully saturated rings. The number of aryl methyl sites for hydroxylation is 2. The Morgan fingerprint density at radius 2 is 1.88 bits per heavy atom. The lowest BCUT2D eigenvalue weighted by molar-refractivity contribution is 0.517. The average molecular weight is 344 g/mol. The molecule has 0 bridgehead atoms. The van der Waals surface area contributed by atoms with Gasteiger partial charge in [0.15, 0.2) is 11.5 Å². The summed E-state index contributed by atoms with van der Waals surface area (Å²) in [6.45, 7) is 4.02. The molecule has 0 radical (unpaired) electrons. The number of hydrogen-bond donors (Lipinski definition) is 1. The van der Waals surface area contributed by atoms with Crippen LogP contribution in [-0.2, 0) is 16.4 Å². The van der Waals surface area contributed by atoms with Crippen molar-refractivity contribution in [3.63, 3.8) is 0 Å². The van der Waals surface area contributed by atoms with Crippen molar-refractivity contribution in [1.82, 2.24) is 4.98 Å². The molecule has 24 heavy (non-hydrogen) atoms. The minimum atomic E-state index is -3.66. The number of anilines is 1. The molecule has 0 aliphatic heterocycles. The topological polar surface area (TPSA) is 72.2 Å². The number of rotatable bonds is 6. The van der Waals surface area contributed by atoms with Crippen molar-refractivity contribution in [2.75, 3.05) is 4.72 Å². The Hall–Kier alpha value is -2.34. The van der Waals surface area contributed by atoms with Gasteiger partial charge in [-0.25, -0.2) is 13.4 Å². The number of nitrogens with one attached hydrogen (secondary N) is 1. The largest absolute Gasteiger partial charge is 0.441 e. The van der Waals surface area contributed by atoms with Gasteiger partial charge in [0.1, 0.15) is 5.52 Å². The van der Waals surface area contributed by atoms with Gasteiger partial charge in [-0.15, -0.1) is 0 Å². The second-order valence-electron chi connectivity index (χ2n) is 5.78. The highest BCUT2D eigenvalue weighted by Gasteiger charge is 2.17. The third kappa shape index (κ3) is 3.43. The quantitative estimate of drug-likeness (QED) is 0.724. The summed E-state index contributed by atoms with van der Waals surface area (Å²) < 4.78 is 33.4. The zero-order valence-corrected chi connectivity index (χ0v) is 14.6. The van der Waals surface area contributed by atoms with Gasteiger partial charge in [-0.2, -0.15) is 0 Å². The van der Waals surface area contributed by atoms with E-state index < -0.39 is 10.0 Å². The fourth-order valence-electron chi connectivity index (χ4n) is 2.43. The predicted octanol–water partition coefficient (Wildman–Crippen LogP) is 4.28. The lowest BCUT2D eigenvalue weighted by Gasteiger charge is -2.08. The van der Waals surface area contributed by atoms with E-state index in [1.807, 2.05) is 6.92 Å². The number of fused-ring (bicyclic) bond motifs is 1. The number of sulfonamides is 1. The number of oxazole rings is 1. The Morgan fingerprint density at radius 3 is 2.58 bits per heavy atom. The Balaban J connectivity index is 1.94. The van der Waals surface area contributed by atoms with Crippen molar-refractivity contribution < 1.29 is 12.8 Å². The number of aromatic nitrogens is 1. The van der Waals surface area contributed by atoms with Crippen LogP contribution in [0.1, 0.15) is 31.2 Å². The molecule has 5 nitrogen and oxygen atoms in total. The number of para-hydroxylation sites is 1. The van der Waals surface area contributed by atoms with Crippen LogP contribution in [0.2, 0.25) is 0 Å². The van der Waals surface area contributed by atoms with Crippen molar-refractivity contribution in [1.29, 1.82) is 0 Å². The fraction of sp³-hybridized carbons (Fsp3) is 0.278. The van der Waals surface area contributed by atoms with Gasteiger partial charge in [0, 0.05) is 6.42 Å². The first-order chi connectivity index (χ1) is 11.5. The van der Waals surface area contributed by atoms with Crippen LogP contribution < -0.4 is 4.72 Å². The molecule has 0 unspecified atom stereocenters. The first kappa shape index (κ1) is 16.5. The SMILES string of the molecule is CCCCc1nc2c(NS(=O)(=O)c3ccc(C)cc3)cccc2o1. The Morgan fingerprint density at radius 1 is 1.12 bits per heavy atom. The third-order valence-electron chi connectivity index (χ3n) is 3.78. The van der Waals surface area contributed by atoms with E-state index in [0.29, 0.717) is 22.7 Å². The van der Waals surface area contributed by atoms with Crippen LogP contribution in [0.15, 0.2) is 51.8 Å². The van der Waals surface area contributed by atoms with Gasteiger partial charge in [-0.1, -0.05) is 37.1 Å². The molecule has 0 saturated heterocycles. The normalized spacial score (nSPS) is 11.8. The van der Waals surface area contributed by atoms with E-state index in [-0.39, 0.29) is 4.90 Å². The molecule has 3 aromatic rings. The Bertz CT molecular complexity index is 944. The van der Waals surface area contributed by atoms with Crippen molar-refractivity contribution in [2.24, 2.45) is 0 Å². The Kier molecular flexibility index (Phi) is 4.57. The van der Waals surface area contributed by atoms with Crippen LogP contribution in [0.25, 0.3) is 11.1 Å². The summed E-state index contributed by atoms with van der Waals surface area (Å²) in [5.41, 5.74) is 2.57. The lowest BCUT2D eigenvalue weighted by atomic mass is 10.2. The zero-order valence-electron chi connectivity index (χ0n) is 13.7. The summed E-state index contributed by atoms with van der Waals surface area (Å²) in [7, 11) is -3.66. The molecule has 0 aliphatic carbocycles. The van der Waals surface area contributed by atoms with Crippen LogP contribution in [0.3, 0.4) is 0 Å². The fourth-order valence-corrected chi connectivity index (χ4v) is 3.50. The first-order valence-electron chi connectivity index (χ1n) is 7.97. The van der Waals surface area contributed by atoms with E-state index in [2.05, 4.69) is 16.6 Å². The van der Waals surface area contributed by atoms with Crippen LogP contribution in [0.5, 0.6) is 0 Å². The summed E-state index contributed by atoms with van der Waals surface area (Å²) in [4.78, 5) is 4.67. The summed E-state index contributed by atoms with van der Waals surface area (Å²) >= 11 is 0. The van der Waals surface area contributed by atoms with Gasteiger partial charge in [-0.3, -0.25) is 4.72 Å². The summed E-state index contributed by atoms with van der Waals surface area (Å²) in [6.07, 6.45) is 2.78. The molecule has 3 rings (SSSR count). The van der Waals surface area contributed by atoms with Gasteiger partial charge < -0.3 is 4.42 Å². The molecular weight excluding hydrogens is 324 g/mol. The van der Waals surface area contributed by atoms with Crippen molar-refractivity contribution in [2.45, 2.75) is 38.0 Å². The van der Waals surface area contributed by atoms with Crippen molar-refractivity contribution >= 4 is 26.8 Å². The highest BCUT2D eigenvalue weighted by Crippen LogP contribution is 2.26. The van der Waals surface area contributed by atoms with Gasteiger partial charge in [0.05, 0.1) is 10.6 Å². The van der Waals surface area contributed by atoms with Gasteiger partial charge >= 0.3 is 0 Å². The smallest absolute Gasteiger partial charge is 0.261 e. The molecular formula is C18H20N2O3S. The molecule has 0 aliphatic rings. The highest BCUT2D eigenvalue weighted by atomic mass is 32.2. The minimum Gasteiger partial charge on any atom is -0.441 e. The van der Waals surface area contributed by atoms with E-state index >= 15 is 0 Å². The van der Waals surface area contributed by atoms with Gasteiger partial charge in [0.2, 0.25) is 0 Å². The maximum Gasteiger partial charge on any atom is 0.261 e. The summed E-state index contributed by atoms with van der Waals surface area (Å²) in [5.74, 6) is 0.633. The first-order valence-corrected chi connectivity index (χ1v) is 9.46. The molecule has 1 heterocycles. The van der Waals surface area contributed by atoms with Gasteiger partial charge in [-0.05, 0) is 37.6 Å². The van der Waals surface area contributed by atoms with Crippen molar-refractivity contribution in [3.8, 4) is 0 Å². The molecule has 2 aromatic carbocycles. The summed E-state index contributed by atoms with van der Waals surface area (Å²) in [6, 6.07) is 12.0. The molecule has 0 saturated carbocycles. The highest BCUT2D eigenvalue weighted by molar-refractivity contribution is 7.92. The molecule has 6 heteroatoms. The molecule has 0 amide bonds. The van der Waals surface area contributed by atoms with E-state index in [1.165, 1.54) is 0 Å². The van der Waals surface area contributed by atoms with Crippen LogP contribution in [0, 0.1) is 6.92 Å². The number of unbranched alkanes of at least 4 members (excludes halogenated alkanes) is 1. The van der Waals surface area contributed by atoms with Crippen LogP contribution in [0.4, 0.5) is 5.69 Å². The van der Waals surface area contributed by atoms with Gasteiger partial charge in [0.25, 0.3) is 10.0 Å². The Labute approximate surface area is 141 Å². The van der Waals surface area contributed by atoms with Crippen LogP contribution >= 0.6 is 0 Å². The maximum atomic E-state index is 12.6. The second kappa shape index (κ2) is 6.65. The minimum absolute atomic E-state index is 0.222. The predicted molar refractivity (Wildman–Crippen MR) is 94.6 cm³/mol. The number of hydrogen-bond acceptors (Lipinski definition) is 4.